The minimum atomic E-state index is -1.09. The second-order valence-electron chi connectivity index (χ2n) is 3.57. The fourth-order valence-corrected chi connectivity index (χ4v) is 1.48. The summed E-state index contributed by atoms with van der Waals surface area (Å²) in [6, 6.07) is 8.87. The van der Waals surface area contributed by atoms with Gasteiger partial charge in [0.2, 0.25) is 0 Å². The molecule has 18 heavy (non-hydrogen) atoms. The number of ether oxygens (including phenoxy) is 1. The maximum atomic E-state index is 10.9. The molecule has 0 saturated heterocycles. The van der Waals surface area contributed by atoms with Gasteiger partial charge < -0.3 is 9.84 Å². The SMILES string of the molecule is O=C(O)c1ncccc1OCCc1ccccn1. The van der Waals surface area contributed by atoms with E-state index in [4.69, 9.17) is 9.84 Å². The Bertz CT molecular complexity index is 529. The normalized spacial score (nSPS) is 10.0. The summed E-state index contributed by atoms with van der Waals surface area (Å²) >= 11 is 0. The number of rotatable bonds is 5. The van der Waals surface area contributed by atoms with E-state index in [1.807, 2.05) is 18.2 Å². The van der Waals surface area contributed by atoms with E-state index in [1.165, 1.54) is 6.20 Å². The Labute approximate surface area is 104 Å². The molecular weight excluding hydrogens is 232 g/mol. The van der Waals surface area contributed by atoms with Crippen LogP contribution in [-0.2, 0) is 6.42 Å². The van der Waals surface area contributed by atoms with E-state index in [-0.39, 0.29) is 11.4 Å². The first-order valence-electron chi connectivity index (χ1n) is 5.48. The Hall–Kier alpha value is -2.43. The standard InChI is InChI=1S/C13H12N2O3/c16-13(17)12-11(5-3-8-15-12)18-9-6-10-4-1-2-7-14-10/h1-5,7-8H,6,9H2,(H,16,17). The first-order chi connectivity index (χ1) is 8.77. The number of hydrogen-bond donors (Lipinski definition) is 1. The predicted octanol–water partition coefficient (Wildman–Crippen LogP) is 1.80. The van der Waals surface area contributed by atoms with Crippen LogP contribution >= 0.6 is 0 Å². The van der Waals surface area contributed by atoms with Crippen LogP contribution in [0.25, 0.3) is 0 Å². The van der Waals surface area contributed by atoms with Crippen molar-refractivity contribution in [2.24, 2.45) is 0 Å². The molecule has 0 saturated carbocycles. The van der Waals surface area contributed by atoms with Crippen LogP contribution in [0, 0.1) is 0 Å². The molecule has 2 aromatic rings. The van der Waals surface area contributed by atoms with Crippen molar-refractivity contribution < 1.29 is 14.6 Å². The van der Waals surface area contributed by atoms with Gasteiger partial charge in [0.25, 0.3) is 0 Å². The Morgan fingerprint density at radius 2 is 2.00 bits per heavy atom. The molecule has 0 aromatic carbocycles. The molecule has 0 fully saturated rings. The Morgan fingerprint density at radius 3 is 2.72 bits per heavy atom. The number of hydrogen-bond acceptors (Lipinski definition) is 4. The van der Waals surface area contributed by atoms with Gasteiger partial charge in [0, 0.05) is 24.5 Å². The molecule has 0 radical (unpaired) electrons. The smallest absolute Gasteiger partial charge is 0.358 e. The van der Waals surface area contributed by atoms with Crippen molar-refractivity contribution in [3.05, 3.63) is 54.1 Å². The zero-order valence-electron chi connectivity index (χ0n) is 9.61. The number of pyridine rings is 2. The molecule has 0 aliphatic rings. The van der Waals surface area contributed by atoms with Gasteiger partial charge in [0.05, 0.1) is 6.61 Å². The molecule has 0 bridgehead atoms. The van der Waals surface area contributed by atoms with Crippen molar-refractivity contribution in [2.75, 3.05) is 6.61 Å². The lowest BCUT2D eigenvalue weighted by molar-refractivity contribution is 0.0685. The van der Waals surface area contributed by atoms with E-state index >= 15 is 0 Å². The quantitative estimate of drug-likeness (QED) is 0.868. The summed E-state index contributed by atoms with van der Waals surface area (Å²) in [5.41, 5.74) is 0.830. The van der Waals surface area contributed by atoms with E-state index in [0.29, 0.717) is 13.0 Å². The van der Waals surface area contributed by atoms with E-state index < -0.39 is 5.97 Å². The van der Waals surface area contributed by atoms with Crippen LogP contribution in [0.4, 0.5) is 0 Å². The average Bonchev–Trinajstić information content (AvgIpc) is 2.40. The summed E-state index contributed by atoms with van der Waals surface area (Å²) in [5, 5.41) is 8.93. The van der Waals surface area contributed by atoms with Crippen molar-refractivity contribution in [2.45, 2.75) is 6.42 Å². The molecule has 5 heteroatoms. The van der Waals surface area contributed by atoms with Crippen molar-refractivity contribution in [1.29, 1.82) is 0 Å². The number of aromatic carboxylic acids is 1. The van der Waals surface area contributed by atoms with E-state index in [9.17, 15) is 4.79 Å². The third-order valence-electron chi connectivity index (χ3n) is 2.32. The van der Waals surface area contributed by atoms with Crippen molar-refractivity contribution in [1.82, 2.24) is 9.97 Å². The van der Waals surface area contributed by atoms with Gasteiger partial charge in [0.1, 0.15) is 0 Å². The van der Waals surface area contributed by atoms with Gasteiger partial charge >= 0.3 is 5.97 Å². The molecule has 92 valence electrons. The molecule has 0 atom stereocenters. The maximum Gasteiger partial charge on any atom is 0.358 e. The van der Waals surface area contributed by atoms with Gasteiger partial charge in [-0.05, 0) is 24.3 Å². The molecule has 0 amide bonds. The topological polar surface area (TPSA) is 72.3 Å². The molecule has 0 unspecified atom stereocenters. The third kappa shape index (κ3) is 3.04. The van der Waals surface area contributed by atoms with Crippen LogP contribution < -0.4 is 4.74 Å². The van der Waals surface area contributed by atoms with E-state index in [2.05, 4.69) is 9.97 Å². The summed E-state index contributed by atoms with van der Waals surface area (Å²) in [6.07, 6.45) is 3.76. The average molecular weight is 244 g/mol. The van der Waals surface area contributed by atoms with Crippen LogP contribution in [0.3, 0.4) is 0 Å². The highest BCUT2D eigenvalue weighted by atomic mass is 16.5. The zero-order chi connectivity index (χ0) is 12.8. The highest BCUT2D eigenvalue weighted by Gasteiger charge is 2.11. The van der Waals surface area contributed by atoms with Crippen LogP contribution in [0.2, 0.25) is 0 Å². The minimum Gasteiger partial charge on any atom is -0.491 e. The largest absolute Gasteiger partial charge is 0.491 e. The van der Waals surface area contributed by atoms with Gasteiger partial charge in [-0.2, -0.15) is 0 Å². The molecule has 1 N–H and O–H groups in total. The Morgan fingerprint density at radius 1 is 1.17 bits per heavy atom. The lowest BCUT2D eigenvalue weighted by Gasteiger charge is -2.07. The summed E-state index contributed by atoms with van der Waals surface area (Å²) in [7, 11) is 0. The van der Waals surface area contributed by atoms with Crippen molar-refractivity contribution in [3.63, 3.8) is 0 Å². The first-order valence-corrected chi connectivity index (χ1v) is 5.48. The summed E-state index contributed by atoms with van der Waals surface area (Å²) in [6.45, 7) is 0.364. The Balaban J connectivity index is 1.97. The van der Waals surface area contributed by atoms with E-state index in [0.717, 1.165) is 5.69 Å². The number of nitrogens with zero attached hydrogens (tertiary/aromatic N) is 2. The summed E-state index contributed by atoms with van der Waals surface area (Å²) in [5.74, 6) is -0.815. The predicted molar refractivity (Wildman–Crippen MR) is 64.6 cm³/mol. The third-order valence-corrected chi connectivity index (χ3v) is 2.32. The minimum absolute atomic E-state index is 0.0708. The molecule has 5 nitrogen and oxygen atoms in total. The van der Waals surface area contributed by atoms with Crippen molar-refractivity contribution in [3.8, 4) is 5.75 Å². The van der Waals surface area contributed by atoms with Gasteiger partial charge in [-0.1, -0.05) is 6.07 Å². The van der Waals surface area contributed by atoms with Crippen LogP contribution in [0.15, 0.2) is 42.7 Å². The van der Waals surface area contributed by atoms with Gasteiger partial charge in [-0.15, -0.1) is 0 Å². The highest BCUT2D eigenvalue weighted by Crippen LogP contribution is 2.15. The number of carboxylic acid groups (broad SMARTS) is 1. The molecule has 2 aromatic heterocycles. The molecular formula is C13H12N2O3. The van der Waals surface area contributed by atoms with Crippen LogP contribution in [0.1, 0.15) is 16.2 Å². The molecule has 0 aliphatic carbocycles. The zero-order valence-corrected chi connectivity index (χ0v) is 9.61. The van der Waals surface area contributed by atoms with Crippen molar-refractivity contribution >= 4 is 5.97 Å². The first kappa shape index (κ1) is 12.0. The molecule has 2 heterocycles. The molecule has 0 aliphatic heterocycles. The fraction of sp³-hybridized carbons (Fsp3) is 0.154. The maximum absolute atomic E-state index is 10.9. The molecule has 0 spiro atoms. The number of carboxylic acids is 1. The monoisotopic (exact) mass is 244 g/mol. The molecule has 2 rings (SSSR count). The second-order valence-corrected chi connectivity index (χ2v) is 3.57. The van der Waals surface area contributed by atoms with Gasteiger partial charge in [-0.25, -0.2) is 9.78 Å². The lowest BCUT2D eigenvalue weighted by Crippen LogP contribution is -2.08. The van der Waals surface area contributed by atoms with Crippen LogP contribution in [0.5, 0.6) is 5.75 Å². The van der Waals surface area contributed by atoms with Crippen LogP contribution in [-0.4, -0.2) is 27.7 Å². The second kappa shape index (κ2) is 5.77. The fourth-order valence-electron chi connectivity index (χ4n) is 1.48. The Kier molecular flexibility index (Phi) is 3.86. The lowest BCUT2D eigenvalue weighted by atomic mass is 10.3. The number of carbonyl (C=O) groups is 1. The summed E-state index contributed by atoms with van der Waals surface area (Å²) in [4.78, 5) is 18.8. The highest BCUT2D eigenvalue weighted by molar-refractivity contribution is 5.88. The van der Waals surface area contributed by atoms with Gasteiger partial charge in [-0.3, -0.25) is 4.98 Å². The van der Waals surface area contributed by atoms with Gasteiger partial charge in [0.15, 0.2) is 11.4 Å². The summed E-state index contributed by atoms with van der Waals surface area (Å²) < 4.78 is 5.42. The number of aromatic nitrogens is 2. The van der Waals surface area contributed by atoms with E-state index in [1.54, 1.807) is 18.3 Å².